The van der Waals surface area contributed by atoms with Gasteiger partial charge in [-0.1, -0.05) is 74.7 Å². The summed E-state index contributed by atoms with van der Waals surface area (Å²) in [4.78, 5) is 0. The van der Waals surface area contributed by atoms with Gasteiger partial charge in [0.15, 0.2) is 0 Å². The maximum absolute atomic E-state index is 3.69. The molecule has 21 heavy (non-hydrogen) atoms. The van der Waals surface area contributed by atoms with Gasteiger partial charge in [0.25, 0.3) is 0 Å². The van der Waals surface area contributed by atoms with Gasteiger partial charge in [-0.05, 0) is 55.3 Å². The molecule has 0 aliphatic heterocycles. The van der Waals surface area contributed by atoms with Crippen molar-refractivity contribution in [3.63, 3.8) is 0 Å². The van der Waals surface area contributed by atoms with E-state index in [0.717, 1.165) is 30.8 Å². The molecule has 0 fully saturated rings. The van der Waals surface area contributed by atoms with Crippen LogP contribution >= 0.6 is 15.9 Å². The zero-order chi connectivity index (χ0) is 15.7. The summed E-state index contributed by atoms with van der Waals surface area (Å²) >= 11 is 3.69. The van der Waals surface area contributed by atoms with Gasteiger partial charge in [-0.15, -0.1) is 0 Å². The molecule has 1 aromatic carbocycles. The lowest BCUT2D eigenvalue weighted by molar-refractivity contribution is 0.396. The number of hydrogen-bond acceptors (Lipinski definition) is 1. The fourth-order valence-corrected chi connectivity index (χ4v) is 3.09. The fourth-order valence-electron chi connectivity index (χ4n) is 2.64. The van der Waals surface area contributed by atoms with Crippen LogP contribution in [0.3, 0.4) is 0 Å². The zero-order valence-corrected chi connectivity index (χ0v) is 15.7. The molecule has 0 aromatic heterocycles. The highest BCUT2D eigenvalue weighted by molar-refractivity contribution is 9.10. The molecule has 0 heterocycles. The normalized spacial score (nSPS) is 13.1. The van der Waals surface area contributed by atoms with Crippen molar-refractivity contribution in [3.8, 4) is 0 Å². The average Bonchev–Trinajstić information content (AvgIpc) is 2.40. The molecule has 0 spiro atoms. The standard InChI is InChI=1S/C19H32BrN/c1-15(2)8-7-9-17(14-21-13-16(3)4)12-18-10-5-6-11-19(18)20/h5-6,10-11,15-17,21H,7-9,12-14H2,1-4H3. The van der Waals surface area contributed by atoms with Crippen LogP contribution in [0.15, 0.2) is 28.7 Å². The number of rotatable bonds is 10. The highest BCUT2D eigenvalue weighted by Crippen LogP contribution is 2.22. The lowest BCUT2D eigenvalue weighted by atomic mass is 9.92. The Bertz CT molecular complexity index is 373. The van der Waals surface area contributed by atoms with Gasteiger partial charge in [-0.2, -0.15) is 0 Å². The Morgan fingerprint density at radius 3 is 2.29 bits per heavy atom. The Balaban J connectivity index is 2.51. The predicted octanol–water partition coefficient (Wildman–Crippen LogP) is 5.68. The predicted molar refractivity (Wildman–Crippen MR) is 97.7 cm³/mol. The third-order valence-corrected chi connectivity index (χ3v) is 4.62. The minimum atomic E-state index is 0.727. The molecule has 1 aromatic rings. The number of nitrogens with one attached hydrogen (secondary N) is 1. The van der Waals surface area contributed by atoms with Crippen LogP contribution in [0, 0.1) is 17.8 Å². The molecule has 0 radical (unpaired) electrons. The molecule has 2 heteroatoms. The first-order valence-electron chi connectivity index (χ1n) is 8.43. The van der Waals surface area contributed by atoms with Crippen LogP contribution in [0.5, 0.6) is 0 Å². The minimum absolute atomic E-state index is 0.727. The van der Waals surface area contributed by atoms with E-state index < -0.39 is 0 Å². The minimum Gasteiger partial charge on any atom is -0.316 e. The van der Waals surface area contributed by atoms with E-state index in [1.807, 2.05) is 0 Å². The van der Waals surface area contributed by atoms with Crippen LogP contribution in [0.2, 0.25) is 0 Å². The van der Waals surface area contributed by atoms with Gasteiger partial charge in [0, 0.05) is 4.47 Å². The Morgan fingerprint density at radius 1 is 0.952 bits per heavy atom. The van der Waals surface area contributed by atoms with E-state index in [9.17, 15) is 0 Å². The smallest absolute Gasteiger partial charge is 0.0207 e. The van der Waals surface area contributed by atoms with Crippen LogP contribution in [-0.2, 0) is 6.42 Å². The van der Waals surface area contributed by atoms with Crippen molar-refractivity contribution in [1.82, 2.24) is 5.32 Å². The first kappa shape index (κ1) is 18.7. The molecular weight excluding hydrogens is 322 g/mol. The third kappa shape index (κ3) is 8.63. The summed E-state index contributed by atoms with van der Waals surface area (Å²) in [5.74, 6) is 2.28. The Kier molecular flexibility index (Phi) is 9.26. The highest BCUT2D eigenvalue weighted by Gasteiger charge is 2.12. The summed E-state index contributed by atoms with van der Waals surface area (Å²) < 4.78 is 1.25. The zero-order valence-electron chi connectivity index (χ0n) is 14.2. The largest absolute Gasteiger partial charge is 0.316 e. The van der Waals surface area contributed by atoms with Gasteiger partial charge in [0.1, 0.15) is 0 Å². The van der Waals surface area contributed by atoms with E-state index in [-0.39, 0.29) is 0 Å². The number of hydrogen-bond donors (Lipinski definition) is 1. The van der Waals surface area contributed by atoms with E-state index >= 15 is 0 Å². The van der Waals surface area contributed by atoms with Crippen LogP contribution in [0.1, 0.15) is 52.5 Å². The molecule has 0 bridgehead atoms. The first-order valence-corrected chi connectivity index (χ1v) is 9.22. The van der Waals surface area contributed by atoms with Gasteiger partial charge >= 0.3 is 0 Å². The maximum Gasteiger partial charge on any atom is 0.0207 e. The molecule has 1 unspecified atom stereocenters. The van der Waals surface area contributed by atoms with Crippen LogP contribution in [0.25, 0.3) is 0 Å². The van der Waals surface area contributed by atoms with E-state index in [4.69, 9.17) is 0 Å². The van der Waals surface area contributed by atoms with Crippen molar-refractivity contribution in [2.75, 3.05) is 13.1 Å². The van der Waals surface area contributed by atoms with Crippen molar-refractivity contribution in [1.29, 1.82) is 0 Å². The first-order chi connectivity index (χ1) is 9.99. The quantitative estimate of drug-likeness (QED) is 0.570. The second kappa shape index (κ2) is 10.4. The van der Waals surface area contributed by atoms with Crippen molar-refractivity contribution in [2.45, 2.75) is 53.4 Å². The summed E-state index contributed by atoms with van der Waals surface area (Å²) in [7, 11) is 0. The van der Waals surface area contributed by atoms with Crippen molar-refractivity contribution < 1.29 is 0 Å². The molecule has 0 aliphatic rings. The summed E-state index contributed by atoms with van der Waals surface area (Å²) in [6.07, 6.45) is 5.18. The van der Waals surface area contributed by atoms with E-state index in [1.165, 1.54) is 35.7 Å². The fraction of sp³-hybridized carbons (Fsp3) is 0.684. The molecule has 0 amide bonds. The molecular formula is C19H32BrN. The van der Waals surface area contributed by atoms with E-state index in [2.05, 4.69) is 73.2 Å². The van der Waals surface area contributed by atoms with E-state index in [0.29, 0.717) is 0 Å². The van der Waals surface area contributed by atoms with Crippen LogP contribution in [-0.4, -0.2) is 13.1 Å². The molecule has 1 atom stereocenters. The van der Waals surface area contributed by atoms with Gasteiger partial charge in [0.05, 0.1) is 0 Å². The monoisotopic (exact) mass is 353 g/mol. The van der Waals surface area contributed by atoms with Crippen molar-refractivity contribution in [3.05, 3.63) is 34.3 Å². The molecule has 1 N–H and O–H groups in total. The average molecular weight is 354 g/mol. The SMILES string of the molecule is CC(C)CCCC(CNCC(C)C)Cc1ccccc1Br. The molecule has 1 nitrogen and oxygen atoms in total. The van der Waals surface area contributed by atoms with Crippen LogP contribution < -0.4 is 5.32 Å². The highest BCUT2D eigenvalue weighted by atomic mass is 79.9. The van der Waals surface area contributed by atoms with Gasteiger partial charge in [-0.25, -0.2) is 0 Å². The molecule has 0 saturated heterocycles. The Morgan fingerprint density at radius 2 is 1.67 bits per heavy atom. The van der Waals surface area contributed by atoms with Gasteiger partial charge < -0.3 is 5.32 Å². The van der Waals surface area contributed by atoms with E-state index in [1.54, 1.807) is 0 Å². The second-order valence-corrected chi connectivity index (χ2v) is 7.89. The lowest BCUT2D eigenvalue weighted by Gasteiger charge is -2.20. The van der Waals surface area contributed by atoms with Gasteiger partial charge in [0.2, 0.25) is 0 Å². The van der Waals surface area contributed by atoms with Crippen LogP contribution in [0.4, 0.5) is 0 Å². The molecule has 1 rings (SSSR count). The third-order valence-electron chi connectivity index (χ3n) is 3.85. The Hall–Kier alpha value is -0.340. The summed E-state index contributed by atoms with van der Waals surface area (Å²) in [5, 5.41) is 3.65. The number of benzene rings is 1. The topological polar surface area (TPSA) is 12.0 Å². The number of halogens is 1. The summed E-state index contributed by atoms with van der Waals surface area (Å²) in [6.45, 7) is 11.4. The molecule has 0 saturated carbocycles. The Labute approximate surface area is 140 Å². The molecule has 0 aliphatic carbocycles. The van der Waals surface area contributed by atoms with Crippen molar-refractivity contribution in [2.24, 2.45) is 17.8 Å². The lowest BCUT2D eigenvalue weighted by Crippen LogP contribution is -2.27. The summed E-state index contributed by atoms with van der Waals surface area (Å²) in [5.41, 5.74) is 1.44. The molecule has 120 valence electrons. The summed E-state index contributed by atoms with van der Waals surface area (Å²) in [6, 6.07) is 8.65. The maximum atomic E-state index is 3.69. The second-order valence-electron chi connectivity index (χ2n) is 7.04. The van der Waals surface area contributed by atoms with Crippen molar-refractivity contribution >= 4 is 15.9 Å². The van der Waals surface area contributed by atoms with Gasteiger partial charge in [-0.3, -0.25) is 0 Å².